The predicted molar refractivity (Wildman–Crippen MR) is 95.4 cm³/mol. The summed E-state index contributed by atoms with van der Waals surface area (Å²) in [5, 5.41) is 13.3. The van der Waals surface area contributed by atoms with Crippen LogP contribution in [0.2, 0.25) is 0 Å². The number of nitro benzene ring substituents is 1. The highest BCUT2D eigenvalue weighted by Crippen LogP contribution is 2.29. The molecule has 0 aromatic heterocycles. The summed E-state index contributed by atoms with van der Waals surface area (Å²) >= 11 is 0. The standard InChI is InChI=1S/C19H16N2O4/c1-13-14(12-15-4-2-3-5-18(15)25-13)6-11-19(22)20-16-7-9-17(10-8-16)21(23)24/h2-13H,1H3,(H,20,22). The van der Waals surface area contributed by atoms with Gasteiger partial charge in [0.2, 0.25) is 5.91 Å². The average molecular weight is 336 g/mol. The Hall–Kier alpha value is -3.41. The number of hydrogen-bond donors (Lipinski definition) is 1. The molecule has 1 amide bonds. The van der Waals surface area contributed by atoms with Crippen LogP contribution in [0, 0.1) is 10.1 Å². The zero-order valence-electron chi connectivity index (χ0n) is 13.5. The minimum absolute atomic E-state index is 0.0226. The number of rotatable bonds is 4. The minimum Gasteiger partial charge on any atom is -0.485 e. The molecule has 0 radical (unpaired) electrons. The van der Waals surface area contributed by atoms with E-state index in [9.17, 15) is 14.9 Å². The zero-order valence-corrected chi connectivity index (χ0v) is 13.5. The van der Waals surface area contributed by atoms with E-state index < -0.39 is 4.92 Å². The summed E-state index contributed by atoms with van der Waals surface area (Å²) in [5.74, 6) is 0.503. The molecule has 2 aromatic rings. The Kier molecular flexibility index (Phi) is 4.61. The lowest BCUT2D eigenvalue weighted by molar-refractivity contribution is -0.384. The molecular weight excluding hydrogens is 320 g/mol. The van der Waals surface area contributed by atoms with E-state index in [1.807, 2.05) is 37.3 Å². The molecule has 1 unspecified atom stereocenters. The van der Waals surface area contributed by atoms with E-state index in [1.165, 1.54) is 30.3 Å². The number of anilines is 1. The number of nitro groups is 1. The second-order valence-corrected chi connectivity index (χ2v) is 5.57. The van der Waals surface area contributed by atoms with Crippen molar-refractivity contribution < 1.29 is 14.5 Å². The molecule has 0 saturated carbocycles. The van der Waals surface area contributed by atoms with Gasteiger partial charge < -0.3 is 10.1 Å². The summed E-state index contributed by atoms with van der Waals surface area (Å²) < 4.78 is 5.82. The van der Waals surface area contributed by atoms with Crippen LogP contribution in [-0.4, -0.2) is 16.9 Å². The second-order valence-electron chi connectivity index (χ2n) is 5.57. The number of nitrogens with zero attached hydrogens (tertiary/aromatic N) is 1. The maximum atomic E-state index is 12.0. The first-order valence-corrected chi connectivity index (χ1v) is 7.74. The summed E-state index contributed by atoms with van der Waals surface area (Å²) in [4.78, 5) is 22.2. The highest BCUT2D eigenvalue weighted by atomic mass is 16.6. The molecule has 3 rings (SSSR count). The van der Waals surface area contributed by atoms with E-state index in [2.05, 4.69) is 5.32 Å². The van der Waals surface area contributed by atoms with Crippen LogP contribution in [0.25, 0.3) is 6.08 Å². The number of fused-ring (bicyclic) bond motifs is 1. The highest BCUT2D eigenvalue weighted by Gasteiger charge is 2.16. The zero-order chi connectivity index (χ0) is 17.8. The number of nitrogens with one attached hydrogen (secondary N) is 1. The van der Waals surface area contributed by atoms with Gasteiger partial charge in [0.05, 0.1) is 4.92 Å². The fraction of sp³-hybridized carbons (Fsp3) is 0.105. The fourth-order valence-electron chi connectivity index (χ4n) is 2.47. The number of amides is 1. The molecule has 2 aromatic carbocycles. The van der Waals surface area contributed by atoms with Crippen molar-refractivity contribution in [2.45, 2.75) is 13.0 Å². The lowest BCUT2D eigenvalue weighted by Crippen LogP contribution is -2.18. The third-order valence-electron chi connectivity index (χ3n) is 3.79. The first-order chi connectivity index (χ1) is 12.0. The van der Waals surface area contributed by atoms with Gasteiger partial charge in [-0.15, -0.1) is 0 Å². The molecule has 0 spiro atoms. The van der Waals surface area contributed by atoms with E-state index in [4.69, 9.17) is 4.74 Å². The van der Waals surface area contributed by atoms with Crippen molar-refractivity contribution in [2.24, 2.45) is 0 Å². The molecule has 0 fully saturated rings. The van der Waals surface area contributed by atoms with Gasteiger partial charge in [0.1, 0.15) is 11.9 Å². The van der Waals surface area contributed by atoms with Gasteiger partial charge in [-0.2, -0.15) is 0 Å². The number of non-ortho nitro benzene ring substituents is 1. The monoisotopic (exact) mass is 336 g/mol. The Morgan fingerprint density at radius 1 is 1.20 bits per heavy atom. The van der Waals surface area contributed by atoms with Gasteiger partial charge in [0, 0.05) is 29.5 Å². The smallest absolute Gasteiger partial charge is 0.269 e. The Bertz CT molecular complexity index is 869. The van der Waals surface area contributed by atoms with Crippen molar-refractivity contribution in [2.75, 3.05) is 5.32 Å². The molecule has 0 aliphatic carbocycles. The van der Waals surface area contributed by atoms with Crippen LogP contribution in [0.5, 0.6) is 5.75 Å². The molecule has 6 nitrogen and oxygen atoms in total. The number of carbonyl (C=O) groups is 1. The summed E-state index contributed by atoms with van der Waals surface area (Å²) in [5.41, 5.74) is 2.33. The Balaban J connectivity index is 1.68. The van der Waals surface area contributed by atoms with Crippen molar-refractivity contribution in [3.63, 3.8) is 0 Å². The van der Waals surface area contributed by atoms with Crippen LogP contribution >= 0.6 is 0 Å². The highest BCUT2D eigenvalue weighted by molar-refractivity contribution is 5.99. The lowest BCUT2D eigenvalue weighted by atomic mass is 10.0. The molecule has 6 heteroatoms. The maximum absolute atomic E-state index is 12.0. The summed E-state index contributed by atoms with van der Waals surface area (Å²) in [6.07, 6.45) is 4.96. The third kappa shape index (κ3) is 3.92. The number of ether oxygens (including phenoxy) is 1. The minimum atomic E-state index is -0.486. The molecule has 1 N–H and O–H groups in total. The molecule has 1 aliphatic heterocycles. The van der Waals surface area contributed by atoms with Crippen molar-refractivity contribution >= 4 is 23.4 Å². The molecule has 25 heavy (non-hydrogen) atoms. The summed E-state index contributed by atoms with van der Waals surface area (Å²) in [7, 11) is 0. The summed E-state index contributed by atoms with van der Waals surface area (Å²) in [6.45, 7) is 1.92. The van der Waals surface area contributed by atoms with E-state index in [0.29, 0.717) is 5.69 Å². The van der Waals surface area contributed by atoms with Crippen molar-refractivity contribution in [1.82, 2.24) is 0 Å². The normalized spacial score (nSPS) is 15.9. The molecule has 126 valence electrons. The van der Waals surface area contributed by atoms with E-state index in [-0.39, 0.29) is 17.7 Å². The molecular formula is C19H16N2O4. The first kappa shape index (κ1) is 16.4. The van der Waals surface area contributed by atoms with E-state index in [1.54, 1.807) is 6.08 Å². The van der Waals surface area contributed by atoms with Gasteiger partial charge in [-0.25, -0.2) is 0 Å². The van der Waals surface area contributed by atoms with Crippen LogP contribution in [0.15, 0.2) is 66.3 Å². The molecule has 0 bridgehead atoms. The Morgan fingerprint density at radius 2 is 1.92 bits per heavy atom. The molecule has 1 atom stereocenters. The fourth-order valence-corrected chi connectivity index (χ4v) is 2.47. The Labute approximate surface area is 144 Å². The third-order valence-corrected chi connectivity index (χ3v) is 3.79. The van der Waals surface area contributed by atoms with Crippen molar-refractivity contribution in [3.05, 3.63) is 81.9 Å². The maximum Gasteiger partial charge on any atom is 0.269 e. The number of hydrogen-bond acceptors (Lipinski definition) is 4. The van der Waals surface area contributed by atoms with Crippen LogP contribution in [-0.2, 0) is 4.79 Å². The van der Waals surface area contributed by atoms with Gasteiger partial charge in [0.25, 0.3) is 5.69 Å². The van der Waals surface area contributed by atoms with Gasteiger partial charge in [0.15, 0.2) is 0 Å². The van der Waals surface area contributed by atoms with Gasteiger partial charge in [-0.05, 0) is 42.8 Å². The topological polar surface area (TPSA) is 81.5 Å². The SMILES string of the molecule is CC1Oc2ccccc2C=C1C=CC(=O)Nc1ccc([N+](=O)[O-])cc1. The largest absolute Gasteiger partial charge is 0.485 e. The van der Waals surface area contributed by atoms with Gasteiger partial charge in [-0.1, -0.05) is 18.2 Å². The molecule has 1 aliphatic rings. The number of para-hydroxylation sites is 1. The number of benzene rings is 2. The van der Waals surface area contributed by atoms with Crippen molar-refractivity contribution in [3.8, 4) is 5.75 Å². The van der Waals surface area contributed by atoms with Crippen LogP contribution < -0.4 is 10.1 Å². The second kappa shape index (κ2) is 7.00. The predicted octanol–water partition coefficient (Wildman–Crippen LogP) is 3.95. The van der Waals surface area contributed by atoms with E-state index in [0.717, 1.165) is 16.9 Å². The van der Waals surface area contributed by atoms with Crippen LogP contribution in [0.4, 0.5) is 11.4 Å². The van der Waals surface area contributed by atoms with Crippen molar-refractivity contribution in [1.29, 1.82) is 0 Å². The molecule has 1 heterocycles. The van der Waals surface area contributed by atoms with Gasteiger partial charge >= 0.3 is 0 Å². The molecule has 0 saturated heterocycles. The van der Waals surface area contributed by atoms with E-state index >= 15 is 0 Å². The van der Waals surface area contributed by atoms with Gasteiger partial charge in [-0.3, -0.25) is 14.9 Å². The van der Waals surface area contributed by atoms with Crippen LogP contribution in [0.3, 0.4) is 0 Å². The van der Waals surface area contributed by atoms with Crippen LogP contribution in [0.1, 0.15) is 12.5 Å². The quantitative estimate of drug-likeness (QED) is 0.520. The average Bonchev–Trinajstić information content (AvgIpc) is 2.60. The first-order valence-electron chi connectivity index (χ1n) is 7.74. The summed E-state index contributed by atoms with van der Waals surface area (Å²) in [6, 6.07) is 13.4. The number of carbonyl (C=O) groups excluding carboxylic acids is 1. The lowest BCUT2D eigenvalue weighted by Gasteiger charge is -2.22. The Morgan fingerprint density at radius 3 is 2.64 bits per heavy atom.